The Hall–Kier alpha value is -10.0. The second-order valence-electron chi connectivity index (χ2n) is 36.7. The van der Waals surface area contributed by atoms with Crippen LogP contribution in [0.3, 0.4) is 0 Å². The first-order chi connectivity index (χ1) is 61.4. The number of carboxylic acids is 2. The fourth-order valence-electron chi connectivity index (χ4n) is 22.9. The van der Waals surface area contributed by atoms with E-state index in [-0.39, 0.29) is 109 Å². The molecule has 2 amide bonds. The first-order valence-electron chi connectivity index (χ1n) is 46.9. The van der Waals surface area contributed by atoms with Gasteiger partial charge in [0, 0.05) is 85.3 Å². The van der Waals surface area contributed by atoms with Gasteiger partial charge < -0.3 is 49.8 Å². The summed E-state index contributed by atoms with van der Waals surface area (Å²) in [5.41, 5.74) is 10.3. The van der Waals surface area contributed by atoms with Crippen molar-refractivity contribution in [3.8, 4) is 0 Å². The molecule has 9 heterocycles. The fourth-order valence-corrected chi connectivity index (χ4v) is 22.9. The van der Waals surface area contributed by atoms with E-state index in [0.717, 1.165) is 84.6 Å². The number of benzene rings is 6. The number of hydrogen-bond acceptors (Lipinski definition) is 18. The van der Waals surface area contributed by atoms with Crippen LogP contribution < -0.4 is 33.0 Å². The van der Waals surface area contributed by atoms with Crippen LogP contribution in [0, 0.1) is 0 Å². The van der Waals surface area contributed by atoms with Gasteiger partial charge in [0.15, 0.2) is 11.4 Å². The van der Waals surface area contributed by atoms with E-state index in [1.165, 1.54) is 175 Å². The Labute approximate surface area is 791 Å². The van der Waals surface area contributed by atoms with E-state index in [1.54, 1.807) is 15.2 Å². The lowest BCUT2D eigenvalue weighted by molar-refractivity contribution is -0.143. The first kappa shape index (κ1) is 106. The maximum Gasteiger partial charge on any atom is 0.360 e. The molecule has 9 aromatic rings. The summed E-state index contributed by atoms with van der Waals surface area (Å²) in [6.07, 6.45) is 41.2. The molecule has 0 radical (unpaired) electrons. The van der Waals surface area contributed by atoms with Gasteiger partial charge in [0.05, 0.1) is 47.3 Å². The number of para-hydroxylation sites is 6. The molecular formula is C105H144Cl2N12O13. The molecule has 716 valence electrons. The number of halogens is 2. The summed E-state index contributed by atoms with van der Waals surface area (Å²) in [6.45, 7) is 0. The number of carboxylic acid groups (broad SMARTS) is 2. The van der Waals surface area contributed by atoms with Gasteiger partial charge in [-0.25, -0.2) is 29.3 Å². The van der Waals surface area contributed by atoms with Crippen LogP contribution >= 0.6 is 24.8 Å². The van der Waals surface area contributed by atoms with Gasteiger partial charge in [0.2, 0.25) is 5.69 Å². The first-order valence-corrected chi connectivity index (χ1v) is 46.9. The van der Waals surface area contributed by atoms with E-state index in [4.69, 9.17) is 10.5 Å². The summed E-state index contributed by atoms with van der Waals surface area (Å²) in [5, 5.41) is 24.7. The molecule has 25 nitrogen and oxygen atoms in total. The zero-order valence-electron chi connectivity index (χ0n) is 74.0. The molecule has 12 atom stereocenters. The number of hydrogen-bond donors (Lipinski definition) is 5. The Kier molecular flexibility index (Phi) is 40.3. The van der Waals surface area contributed by atoms with E-state index >= 15 is 0 Å². The third-order valence-electron chi connectivity index (χ3n) is 28.7. The molecule has 9 fully saturated rings. The predicted molar refractivity (Wildman–Crippen MR) is 528 cm³/mol. The molecule has 9 aliphatic rings. The molecule has 3 aromatic heterocycles. The molecule has 27 heteroatoms. The number of methoxy groups -OCH3 is 2. The number of rotatable bonds is 20. The molecule has 6 unspecified atom stereocenters. The minimum atomic E-state index is -1.24. The number of carbonyl (C=O) groups is 6. The highest BCUT2D eigenvalue weighted by Gasteiger charge is 2.49. The van der Waals surface area contributed by atoms with Crippen molar-refractivity contribution in [2.75, 3.05) is 14.2 Å². The second-order valence-corrected chi connectivity index (χ2v) is 36.7. The van der Waals surface area contributed by atoms with Gasteiger partial charge in [-0.05, 0) is 175 Å². The Morgan fingerprint density at radius 2 is 0.598 bits per heavy atom. The summed E-state index contributed by atoms with van der Waals surface area (Å²) < 4.78 is 14.9. The van der Waals surface area contributed by atoms with Crippen LogP contribution in [-0.4, -0.2) is 176 Å². The maximum absolute atomic E-state index is 14.1. The minimum absolute atomic E-state index is 0. The summed E-state index contributed by atoms with van der Waals surface area (Å²) in [5.74, 6) is -4.72. The lowest BCUT2D eigenvalue weighted by atomic mass is 9.89. The summed E-state index contributed by atoms with van der Waals surface area (Å²) in [7, 11) is 2.64. The van der Waals surface area contributed by atoms with E-state index < -0.39 is 64.5 Å². The molecular weight excluding hydrogens is 1710 g/mol. The number of aromatic nitrogens is 6. The Bertz CT molecular complexity index is 5390. The predicted octanol–water partition coefficient (Wildman–Crippen LogP) is 18.8. The number of nitrogens with two attached hydrogens (primary N) is 1. The zero-order chi connectivity index (χ0) is 87.7. The highest BCUT2D eigenvalue weighted by atomic mass is 35.5. The van der Waals surface area contributed by atoms with Crippen LogP contribution in [-0.2, 0) is 43.1 Å². The number of piperidine rings is 3. The summed E-state index contributed by atoms with van der Waals surface area (Å²) >= 11 is 0. The average Bonchev–Trinajstić information content (AvgIpc) is 1.74. The number of nitrogens with zero attached hydrogens (tertiary/aromatic N) is 9. The van der Waals surface area contributed by atoms with E-state index in [2.05, 4.69) is 45.0 Å². The monoisotopic (exact) mass is 1850 g/mol. The van der Waals surface area contributed by atoms with E-state index in [9.17, 15) is 53.4 Å². The number of aromatic carboxylic acids is 1. The van der Waals surface area contributed by atoms with Gasteiger partial charge >= 0.3 is 23.9 Å². The standard InChI is InChI=1S/C34H42N4O4.C33H40N4O4.C24H31N3O3.C10H13NO2.4CH4.2ClH/c1-42-34(41)29(20-23-12-6-5-7-13-23)36-32(39)31-33(40)38(30-17-11-10-16-28(30)35-31)27-21-25-18-19-26(22-27)37(25)24-14-8-3-2-4-9-15-24;38-31(35-28(33(40)41)19-22-11-5-4-6-12-22)30-32(39)37(29-16-10-9-15-27(29)34-30)26-20-24-17-18-25(21-26)36(24)23-13-7-2-1-3-8-14-23;28-23-22(24(29)30)25-20-10-6-7-11-21(20)27(23)19-14-17-12-13-18(15-19)26(17)16-8-4-2-1-3-5-9-16;1-13-10(12)9(11)7-8-5-3-2-4-6-8;;;;;;/h5-7,10-13,16-17,24-27,29H,2-4,8-9,14-15,18-22H2,1H3,(H,36,39);4-6,9-12,15-16,23-26,28H,1-3,7-8,13-14,17-21H2,(H,35,38)(H,40,41);6-7,10-11,16-19H,1-5,8-9,12-15H2,(H,29,30);2-6,9H,7,11H2,1H3;4*1H4;2*1H/t25-,26+,27?,29?;24-,25+,26?,28?;17-,18+,19?;;;;;;;. The van der Waals surface area contributed by atoms with Gasteiger partial charge in [-0.15, -0.1) is 24.8 Å². The lowest BCUT2D eigenvalue weighted by Gasteiger charge is -2.45. The van der Waals surface area contributed by atoms with Crippen molar-refractivity contribution in [1.29, 1.82) is 0 Å². The van der Waals surface area contributed by atoms with Gasteiger partial charge in [0.1, 0.15) is 18.1 Å². The number of aliphatic carboxylic acids is 1. The molecule has 6 N–H and O–H groups in total. The third-order valence-corrected chi connectivity index (χ3v) is 28.7. The summed E-state index contributed by atoms with van der Waals surface area (Å²) in [6, 6.07) is 52.9. The quantitative estimate of drug-likeness (QED) is 0.0443. The molecule has 132 heavy (non-hydrogen) atoms. The number of carbonyl (C=O) groups excluding carboxylic acids is 4. The van der Waals surface area contributed by atoms with Gasteiger partial charge in [-0.2, -0.15) is 0 Å². The summed E-state index contributed by atoms with van der Waals surface area (Å²) in [4.78, 5) is 137. The lowest BCUT2D eigenvalue weighted by Crippen LogP contribution is -2.51. The fraction of sp³-hybridized carbons (Fsp3) is 0.543. The van der Waals surface area contributed by atoms with Gasteiger partial charge in [0.25, 0.3) is 28.5 Å². The SMILES string of the molecule is C.C.C.C.COC(=O)C(Cc1ccccc1)NC(=O)c1nc2ccccc2n(C2C[C@H]3CC[C@@H](C2)N3C2CCCCCCC2)c1=O.COC(=O)C(N)Cc1ccccc1.Cl.Cl.O=C(NC(Cc1ccccc1)C(=O)O)c1nc2ccccc2n(C2C[C@H]3CC[C@@H](C2)N3C2CCCCCCC2)c1=O.O=C(O)c1nc2ccccc2n(C2C[C@H]3CC[C@@H](C2)N3C2CCCCCCC2)c1=O. The Morgan fingerprint density at radius 3 is 0.894 bits per heavy atom. The average molecular weight is 1850 g/mol. The molecule has 0 spiro atoms. The van der Waals surface area contributed by atoms with Crippen molar-refractivity contribution < 1.29 is 48.5 Å². The van der Waals surface area contributed by atoms with Crippen molar-refractivity contribution in [2.45, 2.75) is 351 Å². The van der Waals surface area contributed by atoms with E-state index in [1.807, 2.05) is 162 Å². The van der Waals surface area contributed by atoms with Crippen molar-refractivity contribution in [3.63, 3.8) is 0 Å². The number of ether oxygens (including phenoxy) is 2. The van der Waals surface area contributed by atoms with Crippen LogP contribution in [0.1, 0.15) is 308 Å². The highest BCUT2D eigenvalue weighted by Crippen LogP contribution is 2.48. The maximum atomic E-state index is 14.1. The van der Waals surface area contributed by atoms with Crippen LogP contribution in [0.2, 0.25) is 0 Å². The zero-order valence-corrected chi connectivity index (χ0v) is 75.6. The topological polar surface area (TPSA) is 326 Å². The van der Waals surface area contributed by atoms with Crippen molar-refractivity contribution in [1.82, 2.24) is 54.0 Å². The van der Waals surface area contributed by atoms with Crippen molar-refractivity contribution >= 4 is 93.6 Å². The second kappa shape index (κ2) is 50.3. The van der Waals surface area contributed by atoms with Crippen LogP contribution in [0.15, 0.2) is 178 Å². The largest absolute Gasteiger partial charge is 0.480 e. The normalized spacial score (nSPS) is 22.9. The molecule has 6 saturated heterocycles. The van der Waals surface area contributed by atoms with Crippen LogP contribution in [0.4, 0.5) is 0 Å². The molecule has 18 rings (SSSR count). The number of amides is 2. The van der Waals surface area contributed by atoms with Gasteiger partial charge in [-0.3, -0.25) is 43.5 Å². The van der Waals surface area contributed by atoms with Crippen LogP contribution in [0.25, 0.3) is 33.1 Å². The number of nitrogens with one attached hydrogen (secondary N) is 2. The number of fused-ring (bicyclic) bond motifs is 9. The smallest absolute Gasteiger partial charge is 0.360 e. The van der Waals surface area contributed by atoms with E-state index in [0.29, 0.717) is 77.3 Å². The molecule has 3 aliphatic carbocycles. The number of esters is 2. The van der Waals surface area contributed by atoms with Gasteiger partial charge in [-0.1, -0.05) is 253 Å². The highest BCUT2D eigenvalue weighted by molar-refractivity contribution is 5.97. The molecule has 6 bridgehead atoms. The molecule has 3 saturated carbocycles. The molecule has 6 aliphatic heterocycles. The third kappa shape index (κ3) is 25.1. The Morgan fingerprint density at radius 1 is 0.341 bits per heavy atom. The van der Waals surface area contributed by atoms with Crippen LogP contribution in [0.5, 0.6) is 0 Å². The molecule has 6 aromatic carbocycles. The minimum Gasteiger partial charge on any atom is -0.480 e. The Balaban J connectivity index is 0.000000206. The van der Waals surface area contributed by atoms with Crippen molar-refractivity contribution in [2.24, 2.45) is 5.73 Å². The van der Waals surface area contributed by atoms with Crippen molar-refractivity contribution in [3.05, 3.63) is 229 Å².